The Labute approximate surface area is 111 Å². The molecule has 0 saturated carbocycles. The normalized spacial score (nSPS) is 10.1. The average molecular weight is 244 g/mol. The zero-order valence-corrected chi connectivity index (χ0v) is 11.6. The number of anilines is 1. The lowest BCUT2D eigenvalue weighted by Gasteiger charge is -2.08. The van der Waals surface area contributed by atoms with E-state index >= 15 is 0 Å². The second-order valence-electron chi connectivity index (χ2n) is 4.86. The van der Waals surface area contributed by atoms with E-state index in [1.54, 1.807) is 0 Å². The van der Waals surface area contributed by atoms with Gasteiger partial charge in [0, 0.05) is 6.54 Å². The van der Waals surface area contributed by atoms with Gasteiger partial charge < -0.3 is 5.32 Å². The summed E-state index contributed by atoms with van der Waals surface area (Å²) in [5.74, 6) is 0. The molecule has 0 amide bonds. The van der Waals surface area contributed by atoms with Crippen LogP contribution >= 0.6 is 0 Å². The van der Waals surface area contributed by atoms with Crippen LogP contribution in [0.25, 0.3) is 0 Å². The lowest BCUT2D eigenvalue weighted by molar-refractivity contribution is 0.617. The summed E-state index contributed by atoms with van der Waals surface area (Å²) in [6.45, 7) is 5.21. The number of unbranched alkanes of at least 4 members (excludes halogenated alkanes) is 5. The molecule has 0 aromatic heterocycles. The van der Waals surface area contributed by atoms with E-state index in [9.17, 15) is 0 Å². The molecular formula is C16H24N2. The number of nitrogens with one attached hydrogen (secondary N) is 1. The third-order valence-corrected chi connectivity index (χ3v) is 3.14. The van der Waals surface area contributed by atoms with Gasteiger partial charge in [0.25, 0.3) is 0 Å². The van der Waals surface area contributed by atoms with E-state index < -0.39 is 0 Å². The summed E-state index contributed by atoms with van der Waals surface area (Å²) >= 11 is 0. The van der Waals surface area contributed by atoms with Crippen molar-refractivity contribution in [3.63, 3.8) is 0 Å². The van der Waals surface area contributed by atoms with Gasteiger partial charge in [-0.3, -0.25) is 0 Å². The van der Waals surface area contributed by atoms with Crippen molar-refractivity contribution < 1.29 is 0 Å². The summed E-state index contributed by atoms with van der Waals surface area (Å²) in [4.78, 5) is 0. The molecule has 0 spiro atoms. The lowest BCUT2D eigenvalue weighted by atomic mass is 10.1. The minimum absolute atomic E-state index is 0.751. The van der Waals surface area contributed by atoms with Crippen LogP contribution in [0.4, 0.5) is 5.69 Å². The summed E-state index contributed by atoms with van der Waals surface area (Å²) in [5, 5.41) is 12.4. The predicted molar refractivity (Wildman–Crippen MR) is 77.8 cm³/mol. The van der Waals surface area contributed by atoms with E-state index in [1.165, 1.54) is 38.5 Å². The van der Waals surface area contributed by atoms with Crippen LogP contribution in [-0.2, 0) is 0 Å². The summed E-state index contributed by atoms with van der Waals surface area (Å²) in [7, 11) is 0. The summed E-state index contributed by atoms with van der Waals surface area (Å²) in [6, 6.07) is 8.23. The second kappa shape index (κ2) is 8.58. The molecule has 0 bridgehead atoms. The molecule has 98 valence electrons. The van der Waals surface area contributed by atoms with E-state index in [2.05, 4.69) is 18.3 Å². The number of benzene rings is 1. The van der Waals surface area contributed by atoms with Gasteiger partial charge in [0.2, 0.25) is 0 Å². The van der Waals surface area contributed by atoms with E-state index in [1.807, 2.05) is 25.1 Å². The maximum atomic E-state index is 9.05. The van der Waals surface area contributed by atoms with Gasteiger partial charge in [-0.25, -0.2) is 0 Å². The topological polar surface area (TPSA) is 35.8 Å². The Morgan fingerprint density at radius 2 is 1.83 bits per heavy atom. The predicted octanol–water partition coefficient (Wildman–Crippen LogP) is 4.64. The Bertz CT molecular complexity index is 391. The number of hydrogen-bond acceptors (Lipinski definition) is 2. The summed E-state index contributed by atoms with van der Waals surface area (Å²) in [5.41, 5.74) is 2.86. The Morgan fingerprint density at radius 3 is 2.56 bits per heavy atom. The van der Waals surface area contributed by atoms with Crippen molar-refractivity contribution in [2.45, 2.75) is 52.4 Å². The van der Waals surface area contributed by atoms with Crippen LogP contribution in [0.2, 0.25) is 0 Å². The molecule has 1 aromatic rings. The zero-order chi connectivity index (χ0) is 13.2. The monoisotopic (exact) mass is 244 g/mol. The minimum atomic E-state index is 0.751. The van der Waals surface area contributed by atoms with E-state index in [0.717, 1.165) is 23.4 Å². The van der Waals surface area contributed by atoms with Crippen molar-refractivity contribution in [1.29, 1.82) is 5.26 Å². The van der Waals surface area contributed by atoms with Crippen molar-refractivity contribution in [1.82, 2.24) is 0 Å². The Balaban J connectivity index is 2.25. The maximum absolute atomic E-state index is 9.05. The maximum Gasteiger partial charge on any atom is 0.101 e. The molecule has 0 atom stereocenters. The lowest BCUT2D eigenvalue weighted by Crippen LogP contribution is -2.03. The highest BCUT2D eigenvalue weighted by Gasteiger charge is 2.00. The quantitative estimate of drug-likeness (QED) is 0.676. The fraction of sp³-hybridized carbons (Fsp3) is 0.562. The summed E-state index contributed by atoms with van der Waals surface area (Å²) in [6.07, 6.45) is 7.79. The van der Waals surface area contributed by atoms with Crippen LogP contribution in [0.15, 0.2) is 18.2 Å². The third-order valence-electron chi connectivity index (χ3n) is 3.14. The third kappa shape index (κ3) is 5.23. The zero-order valence-electron chi connectivity index (χ0n) is 11.6. The van der Waals surface area contributed by atoms with Crippen molar-refractivity contribution >= 4 is 5.69 Å². The smallest absolute Gasteiger partial charge is 0.101 e. The van der Waals surface area contributed by atoms with Gasteiger partial charge in [0.05, 0.1) is 11.3 Å². The number of aryl methyl sites for hydroxylation is 1. The molecule has 0 saturated heterocycles. The van der Waals surface area contributed by atoms with E-state index in [0.29, 0.717) is 0 Å². The molecule has 0 heterocycles. The van der Waals surface area contributed by atoms with Gasteiger partial charge in [-0.15, -0.1) is 0 Å². The van der Waals surface area contributed by atoms with Crippen molar-refractivity contribution in [2.75, 3.05) is 11.9 Å². The Kier molecular flexibility index (Phi) is 6.94. The number of hydrogen-bond donors (Lipinski definition) is 1. The molecule has 1 aromatic carbocycles. The Hall–Kier alpha value is -1.49. The minimum Gasteiger partial charge on any atom is -0.384 e. The summed E-state index contributed by atoms with van der Waals surface area (Å²) < 4.78 is 0. The van der Waals surface area contributed by atoms with Gasteiger partial charge in [0.1, 0.15) is 6.07 Å². The molecule has 0 aliphatic rings. The molecule has 2 nitrogen and oxygen atoms in total. The van der Waals surface area contributed by atoms with Crippen LogP contribution < -0.4 is 5.32 Å². The van der Waals surface area contributed by atoms with Crippen LogP contribution in [0.5, 0.6) is 0 Å². The highest BCUT2D eigenvalue weighted by molar-refractivity contribution is 5.58. The largest absolute Gasteiger partial charge is 0.384 e. The van der Waals surface area contributed by atoms with Gasteiger partial charge in [-0.1, -0.05) is 45.1 Å². The fourth-order valence-electron chi connectivity index (χ4n) is 2.03. The highest BCUT2D eigenvalue weighted by Crippen LogP contribution is 2.16. The van der Waals surface area contributed by atoms with Crippen molar-refractivity contribution in [2.24, 2.45) is 0 Å². The molecule has 2 heteroatoms. The fourth-order valence-corrected chi connectivity index (χ4v) is 2.03. The first-order valence-electron chi connectivity index (χ1n) is 7.02. The van der Waals surface area contributed by atoms with Crippen LogP contribution in [0.1, 0.15) is 56.6 Å². The van der Waals surface area contributed by atoms with Crippen molar-refractivity contribution in [3.8, 4) is 6.07 Å². The molecule has 18 heavy (non-hydrogen) atoms. The Morgan fingerprint density at radius 1 is 1.11 bits per heavy atom. The molecule has 1 rings (SSSR count). The standard InChI is InChI=1S/C16H24N2/c1-3-4-5-6-7-8-11-18-16-10-9-14(2)12-15(16)13-17/h9-10,12,18H,3-8,11H2,1-2H3. The SMILES string of the molecule is CCCCCCCCNc1ccc(C)cc1C#N. The first-order chi connectivity index (χ1) is 8.77. The van der Waals surface area contributed by atoms with E-state index in [-0.39, 0.29) is 0 Å². The number of rotatable bonds is 8. The molecule has 0 aliphatic carbocycles. The number of nitrogens with zero attached hydrogens (tertiary/aromatic N) is 1. The number of nitriles is 1. The molecule has 0 radical (unpaired) electrons. The van der Waals surface area contributed by atoms with Crippen molar-refractivity contribution in [3.05, 3.63) is 29.3 Å². The molecular weight excluding hydrogens is 220 g/mol. The first-order valence-corrected chi connectivity index (χ1v) is 7.02. The van der Waals surface area contributed by atoms with Gasteiger partial charge >= 0.3 is 0 Å². The molecule has 1 N–H and O–H groups in total. The average Bonchev–Trinajstić information content (AvgIpc) is 2.39. The van der Waals surface area contributed by atoms with E-state index in [4.69, 9.17) is 5.26 Å². The van der Waals surface area contributed by atoms with Crippen LogP contribution in [-0.4, -0.2) is 6.54 Å². The van der Waals surface area contributed by atoms with Gasteiger partial charge in [-0.2, -0.15) is 5.26 Å². The first kappa shape index (κ1) is 14.6. The highest BCUT2D eigenvalue weighted by atomic mass is 14.9. The van der Waals surface area contributed by atoms with Crippen LogP contribution in [0.3, 0.4) is 0 Å². The second-order valence-corrected chi connectivity index (χ2v) is 4.86. The van der Waals surface area contributed by atoms with Gasteiger partial charge in [-0.05, 0) is 31.0 Å². The molecule has 0 unspecified atom stereocenters. The van der Waals surface area contributed by atoms with Gasteiger partial charge in [0.15, 0.2) is 0 Å². The molecule has 0 aliphatic heterocycles. The van der Waals surface area contributed by atoms with Crippen LogP contribution in [0, 0.1) is 18.3 Å². The molecule has 0 fully saturated rings.